The lowest BCUT2D eigenvalue weighted by Gasteiger charge is -2.16. The highest BCUT2D eigenvalue weighted by Crippen LogP contribution is 2.21. The predicted octanol–water partition coefficient (Wildman–Crippen LogP) is 1.91. The molecule has 0 spiro atoms. The summed E-state index contributed by atoms with van der Waals surface area (Å²) in [5.41, 5.74) is 5.10. The van der Waals surface area contributed by atoms with E-state index in [2.05, 4.69) is 4.98 Å². The van der Waals surface area contributed by atoms with Gasteiger partial charge in [0, 0.05) is 11.9 Å². The molecule has 0 fully saturated rings. The number of nitrogens with zero attached hydrogens (tertiary/aromatic N) is 3. The van der Waals surface area contributed by atoms with Crippen LogP contribution in [0.4, 0.5) is 11.5 Å². The topological polar surface area (TPSA) is 102 Å². The molecule has 0 radical (unpaired) electrons. The van der Waals surface area contributed by atoms with Gasteiger partial charge in [0.05, 0.1) is 11.5 Å². The lowest BCUT2D eigenvalue weighted by atomic mass is 10.2. The minimum Gasteiger partial charge on any atom is -0.384 e. The number of thiophene rings is 1. The summed E-state index contributed by atoms with van der Waals surface area (Å²) in [6.45, 7) is 0.385. The Bertz CT molecular complexity index is 642. The van der Waals surface area contributed by atoms with Crippen LogP contribution in [0.15, 0.2) is 29.8 Å². The summed E-state index contributed by atoms with van der Waals surface area (Å²) in [4.78, 5) is 28.6. The number of rotatable bonds is 4. The summed E-state index contributed by atoms with van der Waals surface area (Å²) in [7, 11) is 1.59. The minimum atomic E-state index is -0.640. The molecule has 2 rings (SSSR count). The Balaban J connectivity index is 2.28. The Morgan fingerprint density at radius 3 is 2.95 bits per heavy atom. The number of nitrogens with two attached hydrogens (primary N) is 1. The summed E-state index contributed by atoms with van der Waals surface area (Å²) < 4.78 is 0. The van der Waals surface area contributed by atoms with Crippen molar-refractivity contribution in [2.45, 2.75) is 6.54 Å². The zero-order valence-electron chi connectivity index (χ0n) is 10.6. The second kappa shape index (κ2) is 5.66. The third kappa shape index (κ3) is 2.91. The Kier molecular flexibility index (Phi) is 3.94. The van der Waals surface area contributed by atoms with Crippen molar-refractivity contribution >= 4 is 28.7 Å². The molecule has 2 aromatic rings. The number of pyridine rings is 1. The number of carbonyl (C=O) groups excluding carboxylic acids is 1. The fraction of sp³-hybridized carbons (Fsp3) is 0.167. The monoisotopic (exact) mass is 292 g/mol. The van der Waals surface area contributed by atoms with E-state index >= 15 is 0 Å². The summed E-state index contributed by atoms with van der Waals surface area (Å²) in [5, 5.41) is 12.8. The molecule has 104 valence electrons. The average Bonchev–Trinajstić information content (AvgIpc) is 2.90. The number of aromatic nitrogens is 1. The van der Waals surface area contributed by atoms with Gasteiger partial charge in [0.25, 0.3) is 11.6 Å². The molecule has 2 aromatic heterocycles. The lowest BCUT2D eigenvalue weighted by molar-refractivity contribution is -0.385. The first-order chi connectivity index (χ1) is 9.49. The minimum absolute atomic E-state index is 0.0541. The van der Waals surface area contributed by atoms with Crippen LogP contribution in [0.3, 0.4) is 0 Å². The first-order valence-corrected chi connectivity index (χ1v) is 6.54. The van der Waals surface area contributed by atoms with Crippen LogP contribution >= 0.6 is 11.3 Å². The molecular weight excluding hydrogens is 280 g/mol. The maximum atomic E-state index is 12.3. The van der Waals surface area contributed by atoms with Crippen molar-refractivity contribution in [2.24, 2.45) is 0 Å². The van der Waals surface area contributed by atoms with E-state index in [0.29, 0.717) is 6.54 Å². The van der Waals surface area contributed by atoms with Crippen molar-refractivity contribution < 1.29 is 9.72 Å². The zero-order chi connectivity index (χ0) is 14.7. The van der Waals surface area contributed by atoms with Crippen LogP contribution in [0.25, 0.3) is 0 Å². The van der Waals surface area contributed by atoms with Crippen LogP contribution in [-0.4, -0.2) is 27.8 Å². The fourth-order valence-corrected chi connectivity index (χ4v) is 2.45. The summed E-state index contributed by atoms with van der Waals surface area (Å²) in [6, 6.07) is 5.00. The molecule has 1 amide bonds. The van der Waals surface area contributed by atoms with Crippen molar-refractivity contribution in [3.8, 4) is 0 Å². The Hall–Kier alpha value is -2.48. The highest BCUT2D eigenvalue weighted by atomic mass is 32.1. The number of hydrogen-bond donors (Lipinski definition) is 1. The third-order valence-corrected chi connectivity index (χ3v) is 3.51. The highest BCUT2D eigenvalue weighted by Gasteiger charge is 2.24. The summed E-state index contributed by atoms with van der Waals surface area (Å²) >= 11 is 1.51. The van der Waals surface area contributed by atoms with E-state index in [0.717, 1.165) is 11.1 Å². The van der Waals surface area contributed by atoms with Crippen LogP contribution in [0.2, 0.25) is 0 Å². The molecule has 0 unspecified atom stereocenters. The fourth-order valence-electron chi connectivity index (χ4n) is 1.69. The van der Waals surface area contributed by atoms with Gasteiger partial charge in [-0.15, -0.1) is 11.3 Å². The van der Waals surface area contributed by atoms with Gasteiger partial charge >= 0.3 is 0 Å². The number of amides is 1. The molecular formula is C12H12N4O3S. The van der Waals surface area contributed by atoms with Crippen molar-refractivity contribution in [1.82, 2.24) is 9.88 Å². The largest absolute Gasteiger partial charge is 0.384 e. The summed E-state index contributed by atoms with van der Waals surface area (Å²) in [5.74, 6) is -0.386. The predicted molar refractivity (Wildman–Crippen MR) is 75.4 cm³/mol. The normalized spacial score (nSPS) is 10.2. The number of hydrogen-bond acceptors (Lipinski definition) is 6. The Labute approximate surface area is 118 Å². The molecule has 7 nitrogen and oxygen atoms in total. The Morgan fingerprint density at radius 2 is 2.35 bits per heavy atom. The van der Waals surface area contributed by atoms with Crippen molar-refractivity contribution in [3.63, 3.8) is 0 Å². The molecule has 0 aromatic carbocycles. The molecule has 0 bridgehead atoms. The SMILES string of the molecule is CN(Cc1cccs1)C(=O)c1cc(N)ncc1[N+](=O)[O-]. The van der Waals surface area contributed by atoms with E-state index in [1.54, 1.807) is 7.05 Å². The van der Waals surface area contributed by atoms with E-state index in [1.807, 2.05) is 17.5 Å². The highest BCUT2D eigenvalue weighted by molar-refractivity contribution is 7.09. The van der Waals surface area contributed by atoms with Gasteiger partial charge in [-0.2, -0.15) is 0 Å². The van der Waals surface area contributed by atoms with Gasteiger partial charge in [-0.05, 0) is 17.5 Å². The van der Waals surface area contributed by atoms with Gasteiger partial charge in [-0.3, -0.25) is 14.9 Å². The summed E-state index contributed by atoms with van der Waals surface area (Å²) in [6.07, 6.45) is 1.00. The second-order valence-electron chi connectivity index (χ2n) is 4.12. The second-order valence-corrected chi connectivity index (χ2v) is 5.16. The van der Waals surface area contributed by atoms with Gasteiger partial charge in [0.2, 0.25) is 0 Å². The van der Waals surface area contributed by atoms with Gasteiger partial charge < -0.3 is 10.6 Å². The van der Waals surface area contributed by atoms with Gasteiger partial charge in [-0.1, -0.05) is 6.07 Å². The number of nitrogen functional groups attached to an aromatic ring is 1. The smallest absolute Gasteiger partial charge is 0.300 e. The molecule has 0 saturated heterocycles. The van der Waals surface area contributed by atoms with E-state index < -0.39 is 10.8 Å². The molecule has 0 saturated carbocycles. The zero-order valence-corrected chi connectivity index (χ0v) is 11.5. The molecule has 0 aliphatic rings. The van der Waals surface area contributed by atoms with Crippen molar-refractivity contribution in [3.05, 3.63) is 50.3 Å². The number of nitro groups is 1. The van der Waals surface area contributed by atoms with Crippen LogP contribution in [-0.2, 0) is 6.54 Å². The Morgan fingerprint density at radius 1 is 1.60 bits per heavy atom. The number of anilines is 1. The molecule has 8 heteroatoms. The quantitative estimate of drug-likeness (QED) is 0.685. The van der Waals surface area contributed by atoms with Gasteiger partial charge in [0.15, 0.2) is 0 Å². The third-order valence-electron chi connectivity index (χ3n) is 2.65. The molecule has 20 heavy (non-hydrogen) atoms. The van der Waals surface area contributed by atoms with Crippen LogP contribution in [0.5, 0.6) is 0 Å². The van der Waals surface area contributed by atoms with Crippen LogP contribution in [0.1, 0.15) is 15.2 Å². The van der Waals surface area contributed by atoms with Crippen LogP contribution in [0, 0.1) is 10.1 Å². The van der Waals surface area contributed by atoms with Crippen molar-refractivity contribution in [2.75, 3.05) is 12.8 Å². The molecule has 2 heterocycles. The van der Waals surface area contributed by atoms with E-state index in [9.17, 15) is 14.9 Å². The molecule has 0 atom stereocenters. The maximum Gasteiger partial charge on any atom is 0.300 e. The maximum absolute atomic E-state index is 12.3. The van der Waals surface area contributed by atoms with Gasteiger partial charge in [-0.25, -0.2) is 4.98 Å². The van der Waals surface area contributed by atoms with E-state index in [1.165, 1.54) is 22.3 Å². The van der Waals surface area contributed by atoms with E-state index in [-0.39, 0.29) is 17.1 Å². The van der Waals surface area contributed by atoms with Gasteiger partial charge in [0.1, 0.15) is 17.6 Å². The van der Waals surface area contributed by atoms with E-state index in [4.69, 9.17) is 5.73 Å². The first kappa shape index (κ1) is 13.9. The molecule has 0 aliphatic carbocycles. The first-order valence-electron chi connectivity index (χ1n) is 5.67. The van der Waals surface area contributed by atoms with Crippen molar-refractivity contribution in [1.29, 1.82) is 0 Å². The number of carbonyl (C=O) groups is 1. The van der Waals surface area contributed by atoms with Crippen LogP contribution < -0.4 is 5.73 Å². The lowest BCUT2D eigenvalue weighted by Crippen LogP contribution is -2.26. The molecule has 0 aliphatic heterocycles. The average molecular weight is 292 g/mol. The standard InChI is InChI=1S/C12H12N4O3S/c1-15(7-8-3-2-4-20-8)12(17)9-5-11(13)14-6-10(9)16(18)19/h2-6H,7H2,1H3,(H2,13,14). The molecule has 2 N–H and O–H groups in total.